The third-order valence-corrected chi connectivity index (χ3v) is 3.91. The molecule has 0 saturated heterocycles. The van der Waals surface area contributed by atoms with Crippen molar-refractivity contribution in [3.05, 3.63) is 71.9 Å². The van der Waals surface area contributed by atoms with Crippen molar-refractivity contribution in [3.8, 4) is 6.07 Å². The molecule has 0 aliphatic heterocycles. The maximum Gasteiger partial charge on any atom is 0.247 e. The molecule has 0 bridgehead atoms. The first kappa shape index (κ1) is 17.4. The van der Waals surface area contributed by atoms with Crippen LogP contribution in [0.1, 0.15) is 25.0 Å². The molecular formula is C20H20N6. The fraction of sp³-hybridized carbons (Fsp3) is 0.200. The second-order valence-corrected chi connectivity index (χ2v) is 6.16. The molecule has 3 rings (SSSR count). The van der Waals surface area contributed by atoms with Crippen LogP contribution in [0.5, 0.6) is 0 Å². The molecule has 0 saturated carbocycles. The van der Waals surface area contributed by atoms with Crippen molar-refractivity contribution in [2.75, 3.05) is 10.2 Å². The first-order valence-electron chi connectivity index (χ1n) is 8.43. The predicted octanol–water partition coefficient (Wildman–Crippen LogP) is 3.90. The van der Waals surface area contributed by atoms with Crippen molar-refractivity contribution < 1.29 is 0 Å². The molecule has 2 aromatic carbocycles. The minimum atomic E-state index is 0.224. The molecule has 3 aromatic rings. The Kier molecular flexibility index (Phi) is 5.40. The van der Waals surface area contributed by atoms with Crippen molar-refractivity contribution in [1.82, 2.24) is 15.2 Å². The van der Waals surface area contributed by atoms with Gasteiger partial charge in [0.25, 0.3) is 0 Å². The zero-order valence-corrected chi connectivity index (χ0v) is 14.8. The second kappa shape index (κ2) is 8.08. The van der Waals surface area contributed by atoms with Gasteiger partial charge >= 0.3 is 0 Å². The Morgan fingerprint density at radius 1 is 1.08 bits per heavy atom. The average Bonchev–Trinajstić information content (AvgIpc) is 2.67. The molecule has 0 aliphatic carbocycles. The van der Waals surface area contributed by atoms with Crippen LogP contribution >= 0.6 is 0 Å². The van der Waals surface area contributed by atoms with Crippen molar-refractivity contribution in [1.29, 1.82) is 5.26 Å². The Hall–Kier alpha value is -3.46. The van der Waals surface area contributed by atoms with E-state index in [-0.39, 0.29) is 6.04 Å². The van der Waals surface area contributed by atoms with E-state index in [0.717, 1.165) is 5.69 Å². The van der Waals surface area contributed by atoms with E-state index >= 15 is 0 Å². The summed E-state index contributed by atoms with van der Waals surface area (Å²) in [5.41, 5.74) is 2.65. The third-order valence-electron chi connectivity index (χ3n) is 3.91. The van der Waals surface area contributed by atoms with Crippen LogP contribution in [0, 0.1) is 11.3 Å². The van der Waals surface area contributed by atoms with E-state index < -0.39 is 0 Å². The standard InChI is InChI=1S/C20H20N6/c1-15(2)26(14-17-6-4-3-5-7-17)20-24-19(13-22-25-20)23-18-10-8-16(12-21)9-11-18/h3-11,13,15H,14H2,1-2H3,(H,23,24,25). The number of nitrogens with zero attached hydrogens (tertiary/aromatic N) is 5. The SMILES string of the molecule is CC(C)N(Cc1ccccc1)c1nncc(Nc2ccc(C#N)cc2)n1. The topological polar surface area (TPSA) is 77.7 Å². The number of anilines is 3. The van der Waals surface area contributed by atoms with Gasteiger partial charge in [0.1, 0.15) is 0 Å². The summed E-state index contributed by atoms with van der Waals surface area (Å²) < 4.78 is 0. The van der Waals surface area contributed by atoms with Gasteiger partial charge in [-0.2, -0.15) is 15.3 Å². The Morgan fingerprint density at radius 2 is 1.81 bits per heavy atom. The maximum atomic E-state index is 8.88. The van der Waals surface area contributed by atoms with E-state index in [1.54, 1.807) is 18.3 Å². The van der Waals surface area contributed by atoms with Gasteiger partial charge in [0.2, 0.25) is 5.95 Å². The van der Waals surface area contributed by atoms with Gasteiger partial charge in [-0.15, -0.1) is 5.10 Å². The normalized spacial score (nSPS) is 10.4. The molecule has 26 heavy (non-hydrogen) atoms. The summed E-state index contributed by atoms with van der Waals surface area (Å²) in [7, 11) is 0. The van der Waals surface area contributed by atoms with Crippen LogP contribution in [0.4, 0.5) is 17.5 Å². The van der Waals surface area contributed by atoms with Gasteiger partial charge in [0.15, 0.2) is 5.82 Å². The number of nitrogens with one attached hydrogen (secondary N) is 1. The molecule has 0 aliphatic rings. The Bertz CT molecular complexity index is 884. The van der Waals surface area contributed by atoms with Gasteiger partial charge in [-0.3, -0.25) is 0 Å². The van der Waals surface area contributed by atoms with Crippen LogP contribution < -0.4 is 10.2 Å². The molecule has 0 fully saturated rings. The van der Waals surface area contributed by atoms with E-state index in [4.69, 9.17) is 5.26 Å². The lowest BCUT2D eigenvalue weighted by atomic mass is 10.2. The summed E-state index contributed by atoms with van der Waals surface area (Å²) in [4.78, 5) is 6.71. The highest BCUT2D eigenvalue weighted by Gasteiger charge is 2.15. The zero-order chi connectivity index (χ0) is 18.4. The number of benzene rings is 2. The monoisotopic (exact) mass is 344 g/mol. The highest BCUT2D eigenvalue weighted by molar-refractivity contribution is 5.57. The lowest BCUT2D eigenvalue weighted by molar-refractivity contribution is 0.653. The van der Waals surface area contributed by atoms with Crippen molar-refractivity contribution in [3.63, 3.8) is 0 Å². The Balaban J connectivity index is 1.80. The van der Waals surface area contributed by atoms with Crippen LogP contribution in [0.3, 0.4) is 0 Å². The Labute approximate surface area is 153 Å². The molecule has 0 radical (unpaired) electrons. The van der Waals surface area contributed by atoms with Gasteiger partial charge in [-0.25, -0.2) is 0 Å². The summed E-state index contributed by atoms with van der Waals surface area (Å²) in [6.45, 7) is 4.92. The van der Waals surface area contributed by atoms with Gasteiger partial charge in [-0.05, 0) is 43.7 Å². The molecule has 1 heterocycles. The smallest absolute Gasteiger partial charge is 0.247 e. The van der Waals surface area contributed by atoms with Crippen molar-refractivity contribution in [2.24, 2.45) is 0 Å². The predicted molar refractivity (Wildman–Crippen MR) is 102 cm³/mol. The molecule has 0 unspecified atom stereocenters. The minimum Gasteiger partial charge on any atom is -0.339 e. The van der Waals surface area contributed by atoms with Gasteiger partial charge < -0.3 is 10.2 Å². The summed E-state index contributed by atoms with van der Waals surface area (Å²) in [5.74, 6) is 1.18. The van der Waals surface area contributed by atoms with Gasteiger partial charge in [0.05, 0.1) is 17.8 Å². The number of hydrogen-bond acceptors (Lipinski definition) is 6. The van der Waals surface area contributed by atoms with Crippen LogP contribution in [0.15, 0.2) is 60.8 Å². The summed E-state index contributed by atoms with van der Waals surface area (Å²) in [5, 5.41) is 20.4. The summed E-state index contributed by atoms with van der Waals surface area (Å²) in [6.07, 6.45) is 1.59. The molecule has 0 amide bonds. The van der Waals surface area contributed by atoms with Gasteiger partial charge in [0, 0.05) is 18.3 Å². The second-order valence-electron chi connectivity index (χ2n) is 6.16. The fourth-order valence-corrected chi connectivity index (χ4v) is 2.52. The van der Waals surface area contributed by atoms with E-state index in [2.05, 4.69) is 57.4 Å². The molecule has 1 aromatic heterocycles. The molecular weight excluding hydrogens is 324 g/mol. The van der Waals surface area contributed by atoms with Crippen LogP contribution in [-0.4, -0.2) is 21.2 Å². The highest BCUT2D eigenvalue weighted by atomic mass is 15.3. The van der Waals surface area contributed by atoms with E-state index in [1.165, 1.54) is 5.56 Å². The molecule has 0 atom stereocenters. The van der Waals surface area contributed by atoms with Crippen molar-refractivity contribution in [2.45, 2.75) is 26.4 Å². The maximum absolute atomic E-state index is 8.88. The third kappa shape index (κ3) is 4.33. The van der Waals surface area contributed by atoms with Gasteiger partial charge in [-0.1, -0.05) is 30.3 Å². The quantitative estimate of drug-likeness (QED) is 0.731. The number of nitriles is 1. The van der Waals surface area contributed by atoms with Crippen molar-refractivity contribution >= 4 is 17.5 Å². The van der Waals surface area contributed by atoms with E-state index in [0.29, 0.717) is 23.9 Å². The fourth-order valence-electron chi connectivity index (χ4n) is 2.52. The molecule has 6 heteroatoms. The first-order valence-corrected chi connectivity index (χ1v) is 8.43. The highest BCUT2D eigenvalue weighted by Crippen LogP contribution is 2.19. The summed E-state index contributed by atoms with van der Waals surface area (Å²) in [6, 6.07) is 19.7. The summed E-state index contributed by atoms with van der Waals surface area (Å²) >= 11 is 0. The number of rotatable bonds is 6. The average molecular weight is 344 g/mol. The lowest BCUT2D eigenvalue weighted by Crippen LogP contribution is -2.32. The molecule has 130 valence electrons. The number of aromatic nitrogens is 3. The number of hydrogen-bond donors (Lipinski definition) is 1. The molecule has 6 nitrogen and oxygen atoms in total. The van der Waals surface area contributed by atoms with Crippen LogP contribution in [-0.2, 0) is 6.54 Å². The Morgan fingerprint density at radius 3 is 2.46 bits per heavy atom. The van der Waals surface area contributed by atoms with Crippen LogP contribution in [0.2, 0.25) is 0 Å². The largest absolute Gasteiger partial charge is 0.339 e. The molecule has 0 spiro atoms. The molecule has 1 N–H and O–H groups in total. The zero-order valence-electron chi connectivity index (χ0n) is 14.8. The lowest BCUT2D eigenvalue weighted by Gasteiger charge is -2.26. The van der Waals surface area contributed by atoms with Crippen LogP contribution in [0.25, 0.3) is 0 Å². The first-order chi connectivity index (χ1) is 12.7. The van der Waals surface area contributed by atoms with E-state index in [9.17, 15) is 0 Å². The minimum absolute atomic E-state index is 0.224. The van der Waals surface area contributed by atoms with E-state index in [1.807, 2.05) is 30.3 Å².